The van der Waals surface area contributed by atoms with Crippen molar-refractivity contribution in [1.29, 1.82) is 0 Å². The molecule has 0 radical (unpaired) electrons. The molecule has 4 unspecified atom stereocenters. The van der Waals surface area contributed by atoms with Crippen LogP contribution >= 0.6 is 60.9 Å². The van der Waals surface area contributed by atoms with Gasteiger partial charge in [-0.15, -0.1) is 0 Å². The topological polar surface area (TPSA) is 55.4 Å². The summed E-state index contributed by atoms with van der Waals surface area (Å²) in [6.45, 7) is 15.1. The Kier molecular flexibility index (Phi) is 22.9. The molecule has 6 nitrogen and oxygen atoms in total. The lowest BCUT2D eigenvalue weighted by molar-refractivity contribution is 0.0792. The van der Waals surface area contributed by atoms with E-state index < -0.39 is 17.6 Å². The van der Waals surface area contributed by atoms with Crippen molar-refractivity contribution in [1.82, 2.24) is 0 Å². The van der Waals surface area contributed by atoms with Crippen molar-refractivity contribution in [2.45, 2.75) is 77.0 Å². The monoisotopic (exact) mass is 602 g/mol. The van der Waals surface area contributed by atoms with E-state index in [9.17, 15) is 0 Å². The number of rotatable bonds is 23. The van der Waals surface area contributed by atoms with Gasteiger partial charge in [-0.3, -0.25) is 0 Å². The maximum absolute atomic E-state index is 6.15. The molecule has 0 saturated carbocycles. The SMILES string of the molecule is CCCO[Si](OC)(OCC)C(CC)SSSSSSC(CC)[Si](OC)(OCC)OCCC. The summed E-state index contributed by atoms with van der Waals surface area (Å²) in [7, 11) is 8.65. The molecule has 32 heavy (non-hydrogen) atoms. The lowest BCUT2D eigenvalue weighted by atomic mass is 10.5. The predicted molar refractivity (Wildman–Crippen MR) is 155 cm³/mol. The Morgan fingerprint density at radius 3 is 1.19 bits per heavy atom. The average Bonchev–Trinajstić information content (AvgIpc) is 2.82. The summed E-state index contributed by atoms with van der Waals surface area (Å²) in [5.74, 6) is 0. The highest BCUT2D eigenvalue weighted by molar-refractivity contribution is 9.42. The van der Waals surface area contributed by atoms with E-state index in [1.807, 2.05) is 13.8 Å². The summed E-state index contributed by atoms with van der Waals surface area (Å²) in [6, 6.07) is 0. The van der Waals surface area contributed by atoms with Crippen LogP contribution in [0.4, 0.5) is 0 Å². The smallest absolute Gasteiger partial charge is 0.376 e. The van der Waals surface area contributed by atoms with Gasteiger partial charge in [-0.05, 0) is 78.8 Å². The fraction of sp³-hybridized carbons (Fsp3) is 1.00. The Bertz CT molecular complexity index is 413. The largest absolute Gasteiger partial charge is 0.515 e. The summed E-state index contributed by atoms with van der Waals surface area (Å²) >= 11 is 0. The van der Waals surface area contributed by atoms with E-state index >= 15 is 0 Å². The van der Waals surface area contributed by atoms with Crippen molar-refractivity contribution >= 4 is 78.5 Å². The van der Waals surface area contributed by atoms with Crippen LogP contribution in [0.25, 0.3) is 0 Å². The molecule has 0 aliphatic rings. The van der Waals surface area contributed by atoms with E-state index in [0.29, 0.717) is 26.4 Å². The van der Waals surface area contributed by atoms with Crippen LogP contribution in [0.3, 0.4) is 0 Å². The van der Waals surface area contributed by atoms with Gasteiger partial charge in [0.05, 0.1) is 9.75 Å². The molecule has 0 N–H and O–H groups in total. The van der Waals surface area contributed by atoms with Crippen molar-refractivity contribution in [3.63, 3.8) is 0 Å². The van der Waals surface area contributed by atoms with Gasteiger partial charge >= 0.3 is 17.6 Å². The van der Waals surface area contributed by atoms with Gasteiger partial charge in [0.2, 0.25) is 0 Å². The second-order valence-corrected chi connectivity index (χ2v) is 22.8. The Labute approximate surface area is 221 Å². The quantitative estimate of drug-likeness (QED) is 0.0654. The number of hydrogen-bond donors (Lipinski definition) is 0. The highest BCUT2D eigenvalue weighted by Crippen LogP contribution is 2.56. The third-order valence-electron chi connectivity index (χ3n) is 4.20. The molecule has 0 aliphatic carbocycles. The van der Waals surface area contributed by atoms with Crippen LogP contribution in [0.2, 0.25) is 0 Å². The zero-order chi connectivity index (χ0) is 24.3. The highest BCUT2D eigenvalue weighted by Gasteiger charge is 2.49. The maximum Gasteiger partial charge on any atom is 0.515 e. The van der Waals surface area contributed by atoms with Crippen LogP contribution < -0.4 is 0 Å². The van der Waals surface area contributed by atoms with Crippen molar-refractivity contribution in [2.75, 3.05) is 40.6 Å². The van der Waals surface area contributed by atoms with Gasteiger partial charge in [-0.2, -0.15) is 0 Å². The van der Waals surface area contributed by atoms with Crippen LogP contribution in [-0.4, -0.2) is 68.0 Å². The molecule has 0 aromatic rings. The van der Waals surface area contributed by atoms with Crippen LogP contribution in [0.15, 0.2) is 0 Å². The van der Waals surface area contributed by atoms with E-state index in [4.69, 9.17) is 26.6 Å². The number of hydrogen-bond acceptors (Lipinski definition) is 12. The molecule has 194 valence electrons. The summed E-state index contributed by atoms with van der Waals surface area (Å²) in [5.41, 5.74) is 0. The van der Waals surface area contributed by atoms with Crippen LogP contribution in [-0.2, 0) is 26.6 Å². The van der Waals surface area contributed by atoms with Crippen molar-refractivity contribution in [3.8, 4) is 0 Å². The van der Waals surface area contributed by atoms with Crippen LogP contribution in [0.1, 0.15) is 67.2 Å². The van der Waals surface area contributed by atoms with Gasteiger partial charge in [0.1, 0.15) is 0 Å². The van der Waals surface area contributed by atoms with E-state index in [1.54, 1.807) is 75.1 Å². The predicted octanol–water partition coefficient (Wildman–Crippen LogP) is 7.69. The molecule has 0 bridgehead atoms. The van der Waals surface area contributed by atoms with Gasteiger partial charge in [0.25, 0.3) is 0 Å². The van der Waals surface area contributed by atoms with E-state index in [0.717, 1.165) is 25.7 Å². The van der Waals surface area contributed by atoms with Crippen molar-refractivity contribution in [2.24, 2.45) is 0 Å². The van der Waals surface area contributed by atoms with E-state index in [1.165, 1.54) is 0 Å². The third-order valence-corrected chi connectivity index (χ3v) is 25.0. The molecule has 4 atom stereocenters. The molecule has 0 heterocycles. The molecule has 0 aliphatic heterocycles. The first-order valence-electron chi connectivity index (χ1n) is 11.1. The molecule has 0 aromatic heterocycles. The van der Waals surface area contributed by atoms with Crippen molar-refractivity contribution < 1.29 is 26.6 Å². The minimum absolute atomic E-state index is 0.201. The molecular weight excluding hydrogens is 561 g/mol. The molecule has 0 amide bonds. The minimum atomic E-state index is -2.70. The summed E-state index contributed by atoms with van der Waals surface area (Å²) < 4.78 is 36.1. The van der Waals surface area contributed by atoms with E-state index in [2.05, 4.69) is 27.7 Å². The second-order valence-electron chi connectivity index (χ2n) is 6.44. The molecule has 14 heteroatoms. The fourth-order valence-electron chi connectivity index (χ4n) is 2.75. The normalized spacial score (nSPS) is 17.6. The first-order valence-corrected chi connectivity index (χ1v) is 22.4. The first kappa shape index (κ1) is 34.3. The third kappa shape index (κ3) is 12.0. The van der Waals surface area contributed by atoms with Crippen molar-refractivity contribution in [3.05, 3.63) is 0 Å². The molecule has 0 rings (SSSR count). The molecule has 0 fully saturated rings. The van der Waals surface area contributed by atoms with Gasteiger partial charge in [0.15, 0.2) is 0 Å². The van der Waals surface area contributed by atoms with E-state index in [-0.39, 0.29) is 9.75 Å². The maximum atomic E-state index is 6.15. The Hall–Kier alpha value is 2.29. The van der Waals surface area contributed by atoms with Crippen LogP contribution in [0.5, 0.6) is 0 Å². The summed E-state index contributed by atoms with van der Waals surface area (Å²) in [5, 5.41) is 0. The van der Waals surface area contributed by atoms with Gasteiger partial charge < -0.3 is 26.6 Å². The first-order chi connectivity index (χ1) is 15.5. The molecule has 0 aromatic carbocycles. The molecule has 0 spiro atoms. The lowest BCUT2D eigenvalue weighted by Crippen LogP contribution is -2.54. The highest BCUT2D eigenvalue weighted by atomic mass is 33.9. The fourth-order valence-corrected chi connectivity index (χ4v) is 25.6. The van der Waals surface area contributed by atoms with Gasteiger partial charge in [0, 0.05) is 40.6 Å². The summed E-state index contributed by atoms with van der Waals surface area (Å²) in [6.07, 6.45) is 3.79. The Morgan fingerprint density at radius 2 is 0.938 bits per heavy atom. The van der Waals surface area contributed by atoms with Gasteiger partial charge in [-0.1, -0.05) is 49.3 Å². The zero-order valence-corrected chi connectivity index (χ0v) is 27.6. The second kappa shape index (κ2) is 21.4. The zero-order valence-electron chi connectivity index (χ0n) is 20.7. The van der Waals surface area contributed by atoms with Crippen LogP contribution in [0, 0.1) is 0 Å². The Balaban J connectivity index is 4.70. The average molecular weight is 603 g/mol. The molecular formula is C18H42O6S6Si2. The minimum Gasteiger partial charge on any atom is -0.376 e. The lowest BCUT2D eigenvalue weighted by Gasteiger charge is -2.33. The standard InChI is InChI=1S/C18H42O6S6Si2/c1-9-15-23-31(19-7,21-13-5)17(11-3)25-27-29-30-28-26-18(12-4)32(20-8,22-14-6)24-16-10-2/h17-18H,9-16H2,1-8H3. The molecule has 0 saturated heterocycles. The Morgan fingerprint density at radius 1 is 0.562 bits per heavy atom. The summed E-state index contributed by atoms with van der Waals surface area (Å²) in [4.78, 5) is 0.402. The van der Waals surface area contributed by atoms with Gasteiger partial charge in [-0.25, -0.2) is 0 Å².